The third kappa shape index (κ3) is 2.65. The summed E-state index contributed by atoms with van der Waals surface area (Å²) in [4.78, 5) is 2.51. The number of likely N-dealkylation sites (tertiary alicyclic amines) is 1. The van der Waals surface area contributed by atoms with Crippen LogP contribution in [0, 0.1) is 13.8 Å². The van der Waals surface area contributed by atoms with Crippen molar-refractivity contribution in [3.05, 3.63) is 35.3 Å². The van der Waals surface area contributed by atoms with Crippen molar-refractivity contribution in [3.8, 4) is 11.1 Å². The highest BCUT2D eigenvalue weighted by Gasteiger charge is 2.16. The van der Waals surface area contributed by atoms with Crippen molar-refractivity contribution in [1.29, 1.82) is 0 Å². The Kier molecular flexibility index (Phi) is 3.65. The fourth-order valence-corrected chi connectivity index (χ4v) is 3.58. The molecule has 1 aliphatic heterocycles. The summed E-state index contributed by atoms with van der Waals surface area (Å²) in [6.45, 7) is 7.26. The minimum Gasteiger partial charge on any atom is -0.361 e. The third-order valence-electron chi connectivity index (χ3n) is 4.79. The zero-order valence-corrected chi connectivity index (χ0v) is 13.7. The van der Waals surface area contributed by atoms with Gasteiger partial charge in [-0.3, -0.25) is 10.00 Å². The summed E-state index contributed by atoms with van der Waals surface area (Å²) in [5.41, 5.74) is 5.40. The Morgan fingerprint density at radius 2 is 2.00 bits per heavy atom. The first kappa shape index (κ1) is 14.5. The van der Waals surface area contributed by atoms with E-state index in [1.165, 1.54) is 43.4 Å². The van der Waals surface area contributed by atoms with Crippen LogP contribution in [0.3, 0.4) is 0 Å². The quantitative estimate of drug-likeness (QED) is 0.799. The molecule has 0 spiro atoms. The van der Waals surface area contributed by atoms with Gasteiger partial charge in [0, 0.05) is 17.5 Å². The Labute approximate surface area is 135 Å². The zero-order chi connectivity index (χ0) is 15.8. The van der Waals surface area contributed by atoms with E-state index in [1.807, 2.05) is 13.8 Å². The number of nitrogens with one attached hydrogen (secondary N) is 1. The Balaban J connectivity index is 1.71. The molecule has 1 fully saturated rings. The largest absolute Gasteiger partial charge is 0.361 e. The van der Waals surface area contributed by atoms with Crippen molar-refractivity contribution in [2.24, 2.45) is 0 Å². The second kappa shape index (κ2) is 5.81. The maximum atomic E-state index is 5.31. The molecule has 1 aliphatic rings. The molecule has 1 aromatic carbocycles. The highest BCUT2D eigenvalue weighted by atomic mass is 16.5. The molecule has 0 unspecified atom stereocenters. The SMILES string of the molecule is Cc1noc(C)c1-c1ccc2n[nH]c(CN3CCCCC3)c2c1. The molecule has 0 aliphatic carbocycles. The van der Waals surface area contributed by atoms with E-state index in [0.717, 1.165) is 34.6 Å². The molecule has 1 N–H and O–H groups in total. The normalized spacial score (nSPS) is 16.3. The molecule has 4 rings (SSSR count). The standard InChI is InChI=1S/C18H22N4O/c1-12-18(13(2)23-21-12)14-6-7-16-15(10-14)17(20-19-16)11-22-8-4-3-5-9-22/h6-7,10H,3-5,8-9,11H2,1-2H3,(H,19,20). The van der Waals surface area contributed by atoms with Gasteiger partial charge in [-0.2, -0.15) is 5.10 Å². The van der Waals surface area contributed by atoms with E-state index < -0.39 is 0 Å². The van der Waals surface area contributed by atoms with E-state index >= 15 is 0 Å². The van der Waals surface area contributed by atoms with Crippen LogP contribution >= 0.6 is 0 Å². The molecule has 2 aromatic heterocycles. The number of aryl methyl sites for hydroxylation is 2. The zero-order valence-electron chi connectivity index (χ0n) is 13.7. The second-order valence-electron chi connectivity index (χ2n) is 6.47. The van der Waals surface area contributed by atoms with Gasteiger partial charge in [0.15, 0.2) is 0 Å². The number of rotatable bonds is 3. The molecule has 3 heterocycles. The van der Waals surface area contributed by atoms with Crippen molar-refractivity contribution in [2.75, 3.05) is 13.1 Å². The van der Waals surface area contributed by atoms with Crippen molar-refractivity contribution in [3.63, 3.8) is 0 Å². The lowest BCUT2D eigenvalue weighted by atomic mass is 10.0. The van der Waals surface area contributed by atoms with Crippen LogP contribution in [0.25, 0.3) is 22.0 Å². The molecule has 3 aromatic rings. The fraction of sp³-hybridized carbons (Fsp3) is 0.444. The van der Waals surface area contributed by atoms with Gasteiger partial charge in [-0.05, 0) is 57.5 Å². The first-order valence-corrected chi connectivity index (χ1v) is 8.35. The number of aromatic amines is 1. The summed E-state index contributed by atoms with van der Waals surface area (Å²) >= 11 is 0. The van der Waals surface area contributed by atoms with Crippen LogP contribution in [0.5, 0.6) is 0 Å². The maximum absolute atomic E-state index is 5.31. The van der Waals surface area contributed by atoms with Crippen LogP contribution in [0.4, 0.5) is 0 Å². The van der Waals surface area contributed by atoms with Crippen molar-refractivity contribution >= 4 is 10.9 Å². The van der Waals surface area contributed by atoms with Crippen LogP contribution in [0.2, 0.25) is 0 Å². The van der Waals surface area contributed by atoms with Gasteiger partial charge < -0.3 is 4.52 Å². The Morgan fingerprint density at radius 1 is 1.17 bits per heavy atom. The van der Waals surface area contributed by atoms with E-state index in [4.69, 9.17) is 4.52 Å². The van der Waals surface area contributed by atoms with Crippen LogP contribution in [0.1, 0.15) is 36.4 Å². The number of hydrogen-bond acceptors (Lipinski definition) is 4. The van der Waals surface area contributed by atoms with Gasteiger partial charge in [0.05, 0.1) is 16.9 Å². The summed E-state index contributed by atoms with van der Waals surface area (Å²) in [7, 11) is 0. The van der Waals surface area contributed by atoms with Crippen molar-refractivity contribution < 1.29 is 4.52 Å². The Bertz CT molecular complexity index is 807. The fourth-order valence-electron chi connectivity index (χ4n) is 3.58. The summed E-state index contributed by atoms with van der Waals surface area (Å²) < 4.78 is 5.31. The van der Waals surface area contributed by atoms with Crippen molar-refractivity contribution in [1.82, 2.24) is 20.3 Å². The average molecular weight is 310 g/mol. The molecule has 0 saturated carbocycles. The molecular weight excluding hydrogens is 288 g/mol. The lowest BCUT2D eigenvalue weighted by Crippen LogP contribution is -2.29. The number of fused-ring (bicyclic) bond motifs is 1. The molecule has 120 valence electrons. The third-order valence-corrected chi connectivity index (χ3v) is 4.79. The topological polar surface area (TPSA) is 58.0 Å². The molecule has 0 radical (unpaired) electrons. The van der Waals surface area contributed by atoms with E-state index in [1.54, 1.807) is 0 Å². The molecule has 5 heteroatoms. The summed E-state index contributed by atoms with van der Waals surface area (Å²) in [6, 6.07) is 6.39. The van der Waals surface area contributed by atoms with E-state index in [-0.39, 0.29) is 0 Å². The van der Waals surface area contributed by atoms with Crippen LogP contribution in [0.15, 0.2) is 22.7 Å². The lowest BCUT2D eigenvalue weighted by molar-refractivity contribution is 0.219. The van der Waals surface area contributed by atoms with Crippen LogP contribution < -0.4 is 0 Å². The Hall–Kier alpha value is -2.14. The van der Waals surface area contributed by atoms with Gasteiger partial charge in [0.1, 0.15) is 5.76 Å². The number of piperidine rings is 1. The Morgan fingerprint density at radius 3 is 2.74 bits per heavy atom. The van der Waals surface area contributed by atoms with Gasteiger partial charge in [0.25, 0.3) is 0 Å². The monoisotopic (exact) mass is 310 g/mol. The first-order chi connectivity index (χ1) is 11.2. The number of benzene rings is 1. The molecule has 1 saturated heterocycles. The van der Waals surface area contributed by atoms with Gasteiger partial charge in [-0.1, -0.05) is 17.6 Å². The van der Waals surface area contributed by atoms with Crippen LogP contribution in [-0.4, -0.2) is 33.3 Å². The predicted molar refractivity (Wildman–Crippen MR) is 90.2 cm³/mol. The molecule has 0 atom stereocenters. The average Bonchev–Trinajstić information content (AvgIpc) is 3.12. The first-order valence-electron chi connectivity index (χ1n) is 8.35. The van der Waals surface area contributed by atoms with Gasteiger partial charge in [-0.15, -0.1) is 0 Å². The highest BCUT2D eigenvalue weighted by molar-refractivity contribution is 5.87. The van der Waals surface area contributed by atoms with Gasteiger partial charge in [0.2, 0.25) is 0 Å². The summed E-state index contributed by atoms with van der Waals surface area (Å²) in [5.74, 6) is 0.864. The van der Waals surface area contributed by atoms with E-state index in [9.17, 15) is 0 Å². The molecule has 0 amide bonds. The number of nitrogens with zero attached hydrogens (tertiary/aromatic N) is 3. The summed E-state index contributed by atoms with van der Waals surface area (Å²) in [5, 5.41) is 13.0. The number of aromatic nitrogens is 3. The molecule has 23 heavy (non-hydrogen) atoms. The lowest BCUT2D eigenvalue weighted by Gasteiger charge is -2.25. The smallest absolute Gasteiger partial charge is 0.141 e. The van der Waals surface area contributed by atoms with Crippen molar-refractivity contribution in [2.45, 2.75) is 39.7 Å². The molecule has 0 bridgehead atoms. The highest BCUT2D eigenvalue weighted by Crippen LogP contribution is 2.30. The van der Waals surface area contributed by atoms with Crippen LogP contribution in [-0.2, 0) is 6.54 Å². The van der Waals surface area contributed by atoms with E-state index in [2.05, 4.69) is 38.5 Å². The minimum atomic E-state index is 0.864. The summed E-state index contributed by atoms with van der Waals surface area (Å²) in [6.07, 6.45) is 3.96. The second-order valence-corrected chi connectivity index (χ2v) is 6.47. The van der Waals surface area contributed by atoms with Gasteiger partial charge in [-0.25, -0.2) is 0 Å². The van der Waals surface area contributed by atoms with E-state index in [0.29, 0.717) is 0 Å². The van der Waals surface area contributed by atoms with Gasteiger partial charge >= 0.3 is 0 Å². The molecular formula is C18H22N4O. The number of hydrogen-bond donors (Lipinski definition) is 1. The maximum Gasteiger partial charge on any atom is 0.141 e. The number of H-pyrrole nitrogens is 1. The predicted octanol–water partition coefficient (Wildman–Crippen LogP) is 3.82. The molecule has 5 nitrogen and oxygen atoms in total. The minimum absolute atomic E-state index is 0.864.